The van der Waals surface area contributed by atoms with Crippen LogP contribution in [0, 0.1) is 0 Å². The van der Waals surface area contributed by atoms with Crippen molar-refractivity contribution in [3.05, 3.63) is 0 Å². The van der Waals surface area contributed by atoms with Crippen LogP contribution in [0.1, 0.15) is 13.8 Å². The van der Waals surface area contributed by atoms with Crippen LogP contribution in [0.3, 0.4) is 0 Å². The molecule has 0 aliphatic rings. The molecule has 0 aliphatic heterocycles. The SMILES string of the molecule is CCOP(=O)(OCC)OS(=O)[O-]. The molecule has 0 rings (SSSR count). The van der Waals surface area contributed by atoms with Crippen molar-refractivity contribution in [1.29, 1.82) is 0 Å². The molecule has 0 N–H and O–H groups in total. The van der Waals surface area contributed by atoms with E-state index in [2.05, 4.69) is 13.0 Å². The molecule has 0 aromatic heterocycles. The van der Waals surface area contributed by atoms with Crippen molar-refractivity contribution >= 4 is 19.2 Å². The molecular formula is C4H10O6PS-. The molecule has 0 aromatic rings. The van der Waals surface area contributed by atoms with Gasteiger partial charge in [0.15, 0.2) is 0 Å². The molecule has 0 spiro atoms. The fourth-order valence-electron chi connectivity index (χ4n) is 0.471. The van der Waals surface area contributed by atoms with Crippen LogP contribution in [-0.2, 0) is 28.9 Å². The highest BCUT2D eigenvalue weighted by Gasteiger charge is 2.26. The van der Waals surface area contributed by atoms with Gasteiger partial charge in [-0.25, -0.2) is 8.77 Å². The lowest BCUT2D eigenvalue weighted by Gasteiger charge is -2.16. The van der Waals surface area contributed by atoms with Gasteiger partial charge in [-0.15, -0.1) is 0 Å². The summed E-state index contributed by atoms with van der Waals surface area (Å²) in [5.41, 5.74) is 0. The topological polar surface area (TPSA) is 84.9 Å². The van der Waals surface area contributed by atoms with Crippen LogP contribution in [0.4, 0.5) is 0 Å². The highest BCUT2D eigenvalue weighted by Crippen LogP contribution is 2.49. The maximum atomic E-state index is 11.2. The molecule has 0 saturated carbocycles. The van der Waals surface area contributed by atoms with E-state index in [-0.39, 0.29) is 13.2 Å². The fourth-order valence-corrected chi connectivity index (χ4v) is 2.12. The first-order valence-corrected chi connectivity index (χ1v) is 5.68. The Morgan fingerprint density at radius 2 is 1.75 bits per heavy atom. The molecule has 0 aliphatic carbocycles. The summed E-state index contributed by atoms with van der Waals surface area (Å²) in [6, 6.07) is 0. The first kappa shape index (κ1) is 12.2. The summed E-state index contributed by atoms with van der Waals surface area (Å²) in [6.45, 7) is 3.19. The van der Waals surface area contributed by atoms with E-state index in [1.807, 2.05) is 0 Å². The van der Waals surface area contributed by atoms with E-state index in [1.54, 1.807) is 13.8 Å². The van der Waals surface area contributed by atoms with Crippen molar-refractivity contribution in [1.82, 2.24) is 0 Å². The molecule has 1 atom stereocenters. The van der Waals surface area contributed by atoms with Gasteiger partial charge >= 0.3 is 7.82 Å². The van der Waals surface area contributed by atoms with Gasteiger partial charge in [0.1, 0.15) is 0 Å². The van der Waals surface area contributed by atoms with Crippen molar-refractivity contribution in [2.45, 2.75) is 13.8 Å². The van der Waals surface area contributed by atoms with E-state index in [0.717, 1.165) is 0 Å². The first-order valence-electron chi connectivity index (χ1n) is 3.22. The van der Waals surface area contributed by atoms with E-state index >= 15 is 0 Å². The average Bonchev–Trinajstić information content (AvgIpc) is 1.85. The van der Waals surface area contributed by atoms with Crippen LogP contribution in [-0.4, -0.2) is 22.0 Å². The zero-order valence-electron chi connectivity index (χ0n) is 6.72. The Labute approximate surface area is 73.3 Å². The van der Waals surface area contributed by atoms with E-state index in [0.29, 0.717) is 0 Å². The second-order valence-corrected chi connectivity index (χ2v) is 3.98. The van der Waals surface area contributed by atoms with Gasteiger partial charge in [0, 0.05) is 0 Å². The molecule has 0 heterocycles. The van der Waals surface area contributed by atoms with Crippen LogP contribution < -0.4 is 0 Å². The maximum Gasteiger partial charge on any atom is 0.487 e. The Morgan fingerprint density at radius 1 is 1.33 bits per heavy atom. The molecule has 8 heteroatoms. The molecule has 0 aromatic carbocycles. The molecule has 74 valence electrons. The molecule has 6 nitrogen and oxygen atoms in total. The number of phosphoric ester groups is 1. The Hall–Kier alpha value is 0.220. The number of rotatable bonds is 6. The number of hydrogen-bond acceptors (Lipinski definition) is 6. The summed E-state index contributed by atoms with van der Waals surface area (Å²) in [6.07, 6.45) is 0. The van der Waals surface area contributed by atoms with Gasteiger partial charge in [0.2, 0.25) is 0 Å². The summed E-state index contributed by atoms with van der Waals surface area (Å²) < 4.78 is 44.1. The van der Waals surface area contributed by atoms with E-state index in [4.69, 9.17) is 0 Å². The standard InChI is InChI=1S/C4H11O6PS/c1-3-8-11(5,9-4-2)10-12(6)7/h3-4H2,1-2H3,(H,6,7)/p-1. The number of phosphoric acid groups is 1. The van der Waals surface area contributed by atoms with Crippen LogP contribution in [0.25, 0.3) is 0 Å². The Morgan fingerprint density at radius 3 is 2.00 bits per heavy atom. The summed E-state index contributed by atoms with van der Waals surface area (Å²) in [5.74, 6) is 0. The third-order valence-corrected chi connectivity index (χ3v) is 3.09. The second kappa shape index (κ2) is 5.80. The van der Waals surface area contributed by atoms with Crippen LogP contribution in [0.15, 0.2) is 0 Å². The molecule has 12 heavy (non-hydrogen) atoms. The van der Waals surface area contributed by atoms with E-state index < -0.39 is 19.2 Å². The van der Waals surface area contributed by atoms with Crippen molar-refractivity contribution < 1.29 is 26.3 Å². The highest BCUT2D eigenvalue weighted by molar-refractivity contribution is 7.79. The predicted octanol–water partition coefficient (Wildman–Crippen LogP) is 0.978. The minimum absolute atomic E-state index is 0.0501. The largest absolute Gasteiger partial charge is 0.749 e. The Bertz CT molecular complexity index is 184. The smallest absolute Gasteiger partial charge is 0.487 e. The normalized spacial score (nSPS) is 14.6. The molecule has 0 amide bonds. The lowest BCUT2D eigenvalue weighted by molar-refractivity contribution is 0.168. The van der Waals surface area contributed by atoms with Crippen LogP contribution >= 0.6 is 7.82 Å². The number of hydrogen-bond donors (Lipinski definition) is 0. The van der Waals surface area contributed by atoms with Gasteiger partial charge in [0.05, 0.1) is 24.6 Å². The van der Waals surface area contributed by atoms with Gasteiger partial charge in [-0.3, -0.25) is 9.05 Å². The van der Waals surface area contributed by atoms with Crippen molar-refractivity contribution in [3.8, 4) is 0 Å². The van der Waals surface area contributed by atoms with E-state index in [1.165, 1.54) is 0 Å². The quantitative estimate of drug-likeness (QED) is 0.487. The maximum absolute atomic E-state index is 11.2. The van der Waals surface area contributed by atoms with Gasteiger partial charge in [-0.05, 0) is 13.8 Å². The average molecular weight is 217 g/mol. The van der Waals surface area contributed by atoms with Gasteiger partial charge in [-0.2, -0.15) is 3.97 Å². The third-order valence-electron chi connectivity index (χ3n) is 0.727. The summed E-state index contributed by atoms with van der Waals surface area (Å²) in [5, 5.41) is 0. The summed E-state index contributed by atoms with van der Waals surface area (Å²) in [4.78, 5) is 0. The third kappa shape index (κ3) is 4.97. The Kier molecular flexibility index (Phi) is 5.90. The zero-order valence-corrected chi connectivity index (χ0v) is 8.43. The van der Waals surface area contributed by atoms with Crippen LogP contribution in [0.5, 0.6) is 0 Å². The second-order valence-electron chi connectivity index (χ2n) is 1.56. The molecule has 0 fully saturated rings. The summed E-state index contributed by atoms with van der Waals surface area (Å²) >= 11 is -2.90. The van der Waals surface area contributed by atoms with E-state index in [9.17, 15) is 13.3 Å². The van der Waals surface area contributed by atoms with Gasteiger partial charge in [0.25, 0.3) is 0 Å². The highest BCUT2D eigenvalue weighted by atomic mass is 32.2. The van der Waals surface area contributed by atoms with Gasteiger partial charge < -0.3 is 4.55 Å². The molecule has 0 radical (unpaired) electrons. The van der Waals surface area contributed by atoms with Crippen LogP contribution in [0.2, 0.25) is 0 Å². The zero-order chi connectivity index (χ0) is 9.61. The molecule has 1 unspecified atom stereocenters. The molecular weight excluding hydrogens is 207 g/mol. The van der Waals surface area contributed by atoms with Crippen molar-refractivity contribution in [2.75, 3.05) is 13.2 Å². The first-order chi connectivity index (χ1) is 5.54. The van der Waals surface area contributed by atoms with Crippen molar-refractivity contribution in [3.63, 3.8) is 0 Å². The molecule has 0 saturated heterocycles. The minimum atomic E-state index is -3.89. The lowest BCUT2D eigenvalue weighted by atomic mass is 10.9. The van der Waals surface area contributed by atoms with Crippen molar-refractivity contribution in [2.24, 2.45) is 0 Å². The predicted molar refractivity (Wildman–Crippen MR) is 40.9 cm³/mol. The molecule has 0 bridgehead atoms. The lowest BCUT2D eigenvalue weighted by Crippen LogP contribution is -2.01. The fraction of sp³-hybridized carbons (Fsp3) is 1.00. The summed E-state index contributed by atoms with van der Waals surface area (Å²) in [7, 11) is -3.89. The van der Waals surface area contributed by atoms with Gasteiger partial charge in [-0.1, -0.05) is 0 Å². The monoisotopic (exact) mass is 217 g/mol. The Balaban J connectivity index is 4.18. The minimum Gasteiger partial charge on any atom is -0.749 e.